The van der Waals surface area contributed by atoms with Gasteiger partial charge in [-0.3, -0.25) is 9.59 Å². The van der Waals surface area contributed by atoms with E-state index in [2.05, 4.69) is 4.98 Å². The molecule has 2 heterocycles. The van der Waals surface area contributed by atoms with Crippen molar-refractivity contribution in [2.45, 2.75) is 26.3 Å². The molecule has 0 saturated heterocycles. The SMILES string of the molecule is CC(C)N(CC(=O)O)C(=O)Cc1cn2cc(Cl)cc(Cl)c2n1. The molecule has 0 atom stereocenters. The van der Waals surface area contributed by atoms with Crippen molar-refractivity contribution in [1.29, 1.82) is 0 Å². The van der Waals surface area contributed by atoms with Crippen LogP contribution in [0.2, 0.25) is 10.0 Å². The van der Waals surface area contributed by atoms with Crippen molar-refractivity contribution >= 4 is 40.7 Å². The van der Waals surface area contributed by atoms with E-state index in [1.165, 1.54) is 4.90 Å². The summed E-state index contributed by atoms with van der Waals surface area (Å²) in [6.07, 6.45) is 3.30. The van der Waals surface area contributed by atoms with Crippen molar-refractivity contribution in [2.75, 3.05) is 6.54 Å². The van der Waals surface area contributed by atoms with Crippen LogP contribution in [-0.2, 0) is 16.0 Å². The van der Waals surface area contributed by atoms with Gasteiger partial charge in [0.2, 0.25) is 5.91 Å². The molecule has 8 heteroatoms. The second-order valence-electron chi connectivity index (χ2n) is 5.16. The minimum Gasteiger partial charge on any atom is -0.480 e. The van der Waals surface area contributed by atoms with E-state index in [1.54, 1.807) is 36.7 Å². The second kappa shape index (κ2) is 6.54. The number of rotatable bonds is 5. The number of imidazole rings is 1. The lowest BCUT2D eigenvalue weighted by atomic mass is 10.2. The smallest absolute Gasteiger partial charge is 0.323 e. The first-order valence-corrected chi connectivity index (χ1v) is 7.37. The van der Waals surface area contributed by atoms with Crippen molar-refractivity contribution in [2.24, 2.45) is 0 Å². The molecule has 118 valence electrons. The zero-order chi connectivity index (χ0) is 16.4. The molecule has 1 N–H and O–H groups in total. The predicted octanol–water partition coefficient (Wildman–Crippen LogP) is 2.51. The number of hydrogen-bond donors (Lipinski definition) is 1. The van der Waals surface area contributed by atoms with Crippen LogP contribution in [-0.4, -0.2) is 43.9 Å². The van der Waals surface area contributed by atoms with Gasteiger partial charge in [-0.05, 0) is 19.9 Å². The molecule has 1 amide bonds. The first-order chi connectivity index (χ1) is 10.3. The largest absolute Gasteiger partial charge is 0.480 e. The van der Waals surface area contributed by atoms with E-state index in [4.69, 9.17) is 28.3 Å². The topological polar surface area (TPSA) is 74.9 Å². The third-order valence-electron chi connectivity index (χ3n) is 3.10. The van der Waals surface area contributed by atoms with Crippen molar-refractivity contribution in [3.63, 3.8) is 0 Å². The van der Waals surface area contributed by atoms with Gasteiger partial charge in [-0.1, -0.05) is 23.2 Å². The summed E-state index contributed by atoms with van der Waals surface area (Å²) >= 11 is 12.0. The minimum absolute atomic E-state index is 0.00108. The van der Waals surface area contributed by atoms with Crippen LogP contribution < -0.4 is 0 Å². The first kappa shape index (κ1) is 16.6. The Hall–Kier alpha value is -1.79. The normalized spacial score (nSPS) is 11.1. The summed E-state index contributed by atoms with van der Waals surface area (Å²) in [6.45, 7) is 3.19. The number of amides is 1. The maximum Gasteiger partial charge on any atom is 0.323 e. The van der Waals surface area contributed by atoms with Gasteiger partial charge >= 0.3 is 5.97 Å². The molecule has 0 unspecified atom stereocenters. The molecular weight excluding hydrogens is 329 g/mol. The van der Waals surface area contributed by atoms with E-state index in [-0.39, 0.29) is 24.9 Å². The maximum atomic E-state index is 12.3. The Morgan fingerprint density at radius 2 is 2.05 bits per heavy atom. The molecule has 0 radical (unpaired) electrons. The lowest BCUT2D eigenvalue weighted by Crippen LogP contribution is -2.41. The average Bonchev–Trinajstić information content (AvgIpc) is 2.77. The summed E-state index contributed by atoms with van der Waals surface area (Å²) in [5, 5.41) is 9.73. The Labute approximate surface area is 137 Å². The summed E-state index contributed by atoms with van der Waals surface area (Å²) in [5.41, 5.74) is 1.01. The zero-order valence-electron chi connectivity index (χ0n) is 12.1. The van der Waals surface area contributed by atoms with Gasteiger partial charge in [0, 0.05) is 18.4 Å². The zero-order valence-corrected chi connectivity index (χ0v) is 13.6. The van der Waals surface area contributed by atoms with E-state index in [9.17, 15) is 9.59 Å². The van der Waals surface area contributed by atoms with Gasteiger partial charge in [0.15, 0.2) is 5.65 Å². The van der Waals surface area contributed by atoms with Gasteiger partial charge in [-0.15, -0.1) is 0 Å². The highest BCUT2D eigenvalue weighted by atomic mass is 35.5. The van der Waals surface area contributed by atoms with Crippen LogP contribution in [0.15, 0.2) is 18.5 Å². The minimum atomic E-state index is -1.05. The quantitative estimate of drug-likeness (QED) is 0.904. The number of aromatic nitrogens is 2. The highest BCUT2D eigenvalue weighted by Gasteiger charge is 2.21. The maximum absolute atomic E-state index is 12.3. The molecule has 0 aliphatic carbocycles. The molecule has 0 aliphatic rings. The number of aliphatic carboxylic acids is 1. The van der Waals surface area contributed by atoms with Crippen LogP contribution in [0.3, 0.4) is 0 Å². The average molecular weight is 344 g/mol. The summed E-state index contributed by atoms with van der Waals surface area (Å²) < 4.78 is 1.64. The number of nitrogens with zero attached hydrogens (tertiary/aromatic N) is 3. The van der Waals surface area contributed by atoms with Crippen LogP contribution in [0.1, 0.15) is 19.5 Å². The highest BCUT2D eigenvalue weighted by molar-refractivity contribution is 6.36. The van der Waals surface area contributed by atoms with Crippen molar-refractivity contribution in [1.82, 2.24) is 14.3 Å². The van der Waals surface area contributed by atoms with Crippen LogP contribution in [0.4, 0.5) is 0 Å². The fourth-order valence-corrected chi connectivity index (χ4v) is 2.65. The highest BCUT2D eigenvalue weighted by Crippen LogP contribution is 2.22. The van der Waals surface area contributed by atoms with E-state index >= 15 is 0 Å². The van der Waals surface area contributed by atoms with E-state index in [1.807, 2.05) is 0 Å². The Kier molecular flexibility index (Phi) is 4.93. The Morgan fingerprint density at radius 1 is 1.36 bits per heavy atom. The standard InChI is InChI=1S/C14H15Cl2N3O3/c1-8(2)19(7-13(21)22)12(20)4-10-6-18-5-9(15)3-11(16)14(18)17-10/h3,5-6,8H,4,7H2,1-2H3,(H,21,22). The molecule has 6 nitrogen and oxygen atoms in total. The number of fused-ring (bicyclic) bond motifs is 1. The molecule has 22 heavy (non-hydrogen) atoms. The number of pyridine rings is 1. The molecule has 0 aromatic carbocycles. The summed E-state index contributed by atoms with van der Waals surface area (Å²) in [7, 11) is 0. The van der Waals surface area contributed by atoms with E-state index < -0.39 is 5.97 Å². The van der Waals surface area contributed by atoms with Crippen LogP contribution >= 0.6 is 23.2 Å². The third kappa shape index (κ3) is 3.69. The number of carboxylic acid groups (broad SMARTS) is 1. The fraction of sp³-hybridized carbons (Fsp3) is 0.357. The molecule has 0 fully saturated rings. The number of carboxylic acids is 1. The Bertz CT molecular complexity index is 727. The van der Waals surface area contributed by atoms with Crippen LogP contribution in [0.25, 0.3) is 5.65 Å². The van der Waals surface area contributed by atoms with Gasteiger partial charge in [0.1, 0.15) is 6.54 Å². The van der Waals surface area contributed by atoms with Gasteiger partial charge < -0.3 is 14.4 Å². The van der Waals surface area contributed by atoms with Crippen molar-refractivity contribution in [3.05, 3.63) is 34.2 Å². The molecule has 0 aliphatic heterocycles. The van der Waals surface area contributed by atoms with Gasteiger partial charge in [-0.2, -0.15) is 0 Å². The summed E-state index contributed by atoms with van der Waals surface area (Å²) in [4.78, 5) is 28.7. The monoisotopic (exact) mass is 343 g/mol. The molecule has 0 saturated carbocycles. The summed E-state index contributed by atoms with van der Waals surface area (Å²) in [6, 6.07) is 1.36. The third-order valence-corrected chi connectivity index (χ3v) is 3.59. The predicted molar refractivity (Wildman–Crippen MR) is 83.4 cm³/mol. The number of halogens is 2. The Balaban J connectivity index is 2.24. The molecule has 0 spiro atoms. The number of hydrogen-bond acceptors (Lipinski definition) is 3. The second-order valence-corrected chi connectivity index (χ2v) is 6.00. The fourth-order valence-electron chi connectivity index (χ4n) is 2.12. The van der Waals surface area contributed by atoms with Gasteiger partial charge in [-0.25, -0.2) is 4.98 Å². The first-order valence-electron chi connectivity index (χ1n) is 6.62. The van der Waals surface area contributed by atoms with E-state index in [0.29, 0.717) is 21.4 Å². The molecule has 2 aromatic rings. The van der Waals surface area contributed by atoms with Crippen molar-refractivity contribution < 1.29 is 14.7 Å². The number of carbonyl (C=O) groups is 2. The lowest BCUT2D eigenvalue weighted by Gasteiger charge is -2.24. The molecule has 0 bridgehead atoms. The molecular formula is C14H15Cl2N3O3. The lowest BCUT2D eigenvalue weighted by molar-refractivity contribution is -0.145. The summed E-state index contributed by atoms with van der Waals surface area (Å²) in [5.74, 6) is -1.35. The van der Waals surface area contributed by atoms with Gasteiger partial charge in [0.05, 0.1) is 22.2 Å². The van der Waals surface area contributed by atoms with Gasteiger partial charge in [0.25, 0.3) is 0 Å². The molecule has 2 rings (SSSR count). The van der Waals surface area contributed by atoms with Crippen molar-refractivity contribution in [3.8, 4) is 0 Å². The van der Waals surface area contributed by atoms with E-state index in [0.717, 1.165) is 0 Å². The molecule has 2 aromatic heterocycles. The number of carbonyl (C=O) groups excluding carboxylic acids is 1. The Morgan fingerprint density at radius 3 is 2.64 bits per heavy atom. The van der Waals surface area contributed by atoms with Crippen LogP contribution in [0.5, 0.6) is 0 Å². The van der Waals surface area contributed by atoms with Crippen LogP contribution in [0, 0.1) is 0 Å².